The van der Waals surface area contributed by atoms with E-state index in [1.54, 1.807) is 16.7 Å². The first-order chi connectivity index (χ1) is 12.3. The van der Waals surface area contributed by atoms with Crippen molar-refractivity contribution in [3.05, 3.63) is 29.8 Å². The maximum absolute atomic E-state index is 13.0. The molecular formula is C18H25N3O4S. The molecule has 8 heteroatoms. The van der Waals surface area contributed by atoms with Crippen LogP contribution in [0, 0.1) is 0 Å². The molecule has 0 saturated carbocycles. The number of piperazine rings is 1. The van der Waals surface area contributed by atoms with E-state index in [9.17, 15) is 18.0 Å². The van der Waals surface area contributed by atoms with Crippen LogP contribution < -0.4 is 4.90 Å². The van der Waals surface area contributed by atoms with Crippen LogP contribution in [-0.2, 0) is 26.0 Å². The van der Waals surface area contributed by atoms with Gasteiger partial charge in [-0.15, -0.1) is 0 Å². The Hall–Kier alpha value is -1.93. The summed E-state index contributed by atoms with van der Waals surface area (Å²) in [5, 5.41) is 0. The molecule has 1 aromatic carbocycles. The Morgan fingerprint density at radius 2 is 1.73 bits per heavy atom. The van der Waals surface area contributed by atoms with Gasteiger partial charge in [0.2, 0.25) is 21.8 Å². The van der Waals surface area contributed by atoms with Crippen LogP contribution in [0.1, 0.15) is 25.3 Å². The zero-order chi connectivity index (χ0) is 18.9. The normalized spacial score (nSPS) is 20.5. The summed E-state index contributed by atoms with van der Waals surface area (Å²) in [6.45, 7) is 3.04. The molecule has 1 fully saturated rings. The number of hydrogen-bond acceptors (Lipinski definition) is 4. The van der Waals surface area contributed by atoms with Crippen LogP contribution in [0.5, 0.6) is 0 Å². The standard InChI is InChI=1S/C18H25N3O4S/c1-14(18(23)19-10-12-20(13-11-19)26(2,24)25)21-16-8-4-3-6-15(16)7-5-9-17(21)22/h3-4,6,8,14H,5,7,9-13H2,1-2H3. The molecule has 7 nitrogen and oxygen atoms in total. The van der Waals surface area contributed by atoms with Gasteiger partial charge in [0, 0.05) is 38.3 Å². The van der Waals surface area contributed by atoms with Gasteiger partial charge in [-0.05, 0) is 31.4 Å². The number of carbonyl (C=O) groups excluding carboxylic acids is 2. The molecule has 26 heavy (non-hydrogen) atoms. The number of carbonyl (C=O) groups is 2. The second-order valence-electron chi connectivity index (χ2n) is 6.91. The molecule has 2 aliphatic rings. The maximum Gasteiger partial charge on any atom is 0.245 e. The van der Waals surface area contributed by atoms with Gasteiger partial charge in [0.25, 0.3) is 0 Å². The number of aryl methyl sites for hydroxylation is 1. The highest BCUT2D eigenvalue weighted by molar-refractivity contribution is 7.88. The fourth-order valence-electron chi connectivity index (χ4n) is 3.68. The van der Waals surface area contributed by atoms with E-state index in [1.165, 1.54) is 10.6 Å². The Morgan fingerprint density at radius 1 is 1.08 bits per heavy atom. The minimum absolute atomic E-state index is 0.0365. The van der Waals surface area contributed by atoms with E-state index in [-0.39, 0.29) is 11.8 Å². The molecule has 1 atom stereocenters. The van der Waals surface area contributed by atoms with Gasteiger partial charge >= 0.3 is 0 Å². The number of para-hydroxylation sites is 1. The van der Waals surface area contributed by atoms with Gasteiger partial charge in [-0.25, -0.2) is 8.42 Å². The van der Waals surface area contributed by atoms with Crippen LogP contribution in [0.4, 0.5) is 5.69 Å². The first kappa shape index (κ1) is 18.8. The number of anilines is 1. The lowest BCUT2D eigenvalue weighted by molar-refractivity contribution is -0.135. The van der Waals surface area contributed by atoms with Crippen molar-refractivity contribution in [1.29, 1.82) is 0 Å². The molecule has 0 bridgehead atoms. The summed E-state index contributed by atoms with van der Waals surface area (Å²) in [5.41, 5.74) is 1.89. The molecule has 2 aliphatic heterocycles. The lowest BCUT2D eigenvalue weighted by Gasteiger charge is -2.37. The van der Waals surface area contributed by atoms with Crippen LogP contribution in [0.3, 0.4) is 0 Å². The smallest absolute Gasteiger partial charge is 0.245 e. The molecule has 142 valence electrons. The molecule has 0 spiro atoms. The van der Waals surface area contributed by atoms with E-state index in [0.717, 1.165) is 24.1 Å². The Balaban J connectivity index is 1.77. The predicted octanol–water partition coefficient (Wildman–Crippen LogP) is 0.848. The number of hydrogen-bond donors (Lipinski definition) is 0. The van der Waals surface area contributed by atoms with E-state index < -0.39 is 16.1 Å². The van der Waals surface area contributed by atoms with E-state index >= 15 is 0 Å². The molecule has 2 heterocycles. The number of sulfonamides is 1. The topological polar surface area (TPSA) is 78.0 Å². The third-order valence-corrected chi connectivity index (χ3v) is 6.42. The largest absolute Gasteiger partial charge is 0.338 e. The van der Waals surface area contributed by atoms with Crippen molar-refractivity contribution in [3.63, 3.8) is 0 Å². The average Bonchev–Trinajstić information content (AvgIpc) is 2.78. The number of benzene rings is 1. The number of fused-ring (bicyclic) bond motifs is 1. The number of rotatable bonds is 3. The van der Waals surface area contributed by atoms with Crippen molar-refractivity contribution in [2.75, 3.05) is 37.3 Å². The third-order valence-electron chi connectivity index (χ3n) is 5.12. The van der Waals surface area contributed by atoms with E-state index in [0.29, 0.717) is 32.6 Å². The minimum atomic E-state index is -3.24. The zero-order valence-electron chi connectivity index (χ0n) is 15.2. The van der Waals surface area contributed by atoms with E-state index in [2.05, 4.69) is 0 Å². The number of amides is 2. The molecule has 0 radical (unpaired) electrons. The van der Waals surface area contributed by atoms with Gasteiger partial charge in [-0.3, -0.25) is 14.5 Å². The molecule has 0 aromatic heterocycles. The van der Waals surface area contributed by atoms with Gasteiger partial charge in [0.1, 0.15) is 6.04 Å². The van der Waals surface area contributed by atoms with Gasteiger partial charge < -0.3 is 4.90 Å². The second-order valence-corrected chi connectivity index (χ2v) is 8.89. The Kier molecular flexibility index (Phi) is 5.34. The summed E-state index contributed by atoms with van der Waals surface area (Å²) >= 11 is 0. The summed E-state index contributed by atoms with van der Waals surface area (Å²) in [4.78, 5) is 28.9. The van der Waals surface area contributed by atoms with Crippen LogP contribution in [0.15, 0.2) is 24.3 Å². The average molecular weight is 379 g/mol. The molecular weight excluding hydrogens is 354 g/mol. The number of nitrogens with zero attached hydrogens (tertiary/aromatic N) is 3. The summed E-state index contributed by atoms with van der Waals surface area (Å²) in [5.74, 6) is -0.172. The lowest BCUT2D eigenvalue weighted by Crippen LogP contribution is -2.56. The molecule has 1 saturated heterocycles. The molecule has 0 N–H and O–H groups in total. The molecule has 3 rings (SSSR count). The Bertz CT molecular complexity index is 800. The van der Waals surface area contributed by atoms with Crippen molar-refractivity contribution in [3.8, 4) is 0 Å². The summed E-state index contributed by atoms with van der Waals surface area (Å²) in [6, 6.07) is 7.12. The van der Waals surface area contributed by atoms with Crippen molar-refractivity contribution in [2.45, 2.75) is 32.2 Å². The summed E-state index contributed by atoms with van der Waals surface area (Å²) < 4.78 is 24.6. The highest BCUT2D eigenvalue weighted by atomic mass is 32.2. The third kappa shape index (κ3) is 3.76. The van der Waals surface area contributed by atoms with Crippen LogP contribution in [0.25, 0.3) is 0 Å². The van der Waals surface area contributed by atoms with Gasteiger partial charge in [0.05, 0.1) is 6.26 Å². The Morgan fingerprint density at radius 3 is 2.38 bits per heavy atom. The quantitative estimate of drug-likeness (QED) is 0.780. The van der Waals surface area contributed by atoms with Crippen molar-refractivity contribution in [2.24, 2.45) is 0 Å². The first-order valence-corrected chi connectivity index (χ1v) is 10.8. The van der Waals surface area contributed by atoms with Crippen LogP contribution in [0.2, 0.25) is 0 Å². The zero-order valence-corrected chi connectivity index (χ0v) is 16.0. The van der Waals surface area contributed by atoms with E-state index in [1.807, 2.05) is 24.3 Å². The molecule has 1 unspecified atom stereocenters. The monoisotopic (exact) mass is 379 g/mol. The minimum Gasteiger partial charge on any atom is -0.338 e. The molecule has 2 amide bonds. The fraction of sp³-hybridized carbons (Fsp3) is 0.556. The van der Waals surface area contributed by atoms with Gasteiger partial charge in [-0.2, -0.15) is 4.31 Å². The molecule has 0 aliphatic carbocycles. The second kappa shape index (κ2) is 7.36. The SMILES string of the molecule is CC(C(=O)N1CCN(S(C)(=O)=O)CC1)N1C(=O)CCCc2ccccc21. The van der Waals surface area contributed by atoms with Crippen molar-refractivity contribution < 1.29 is 18.0 Å². The predicted molar refractivity (Wildman–Crippen MR) is 99.3 cm³/mol. The summed E-state index contributed by atoms with van der Waals surface area (Å²) in [6.07, 6.45) is 3.21. The van der Waals surface area contributed by atoms with Crippen molar-refractivity contribution in [1.82, 2.24) is 9.21 Å². The maximum atomic E-state index is 13.0. The highest BCUT2D eigenvalue weighted by Crippen LogP contribution is 2.29. The molecule has 1 aromatic rings. The first-order valence-electron chi connectivity index (χ1n) is 8.93. The summed E-state index contributed by atoms with van der Waals surface area (Å²) in [7, 11) is -3.24. The highest BCUT2D eigenvalue weighted by Gasteiger charge is 2.34. The Labute approximate surface area is 154 Å². The fourth-order valence-corrected chi connectivity index (χ4v) is 4.51. The van der Waals surface area contributed by atoms with E-state index in [4.69, 9.17) is 0 Å². The van der Waals surface area contributed by atoms with Gasteiger partial charge in [0.15, 0.2) is 0 Å². The van der Waals surface area contributed by atoms with Crippen LogP contribution in [-0.4, -0.2) is 67.9 Å². The van der Waals surface area contributed by atoms with Crippen LogP contribution >= 0.6 is 0 Å². The lowest BCUT2D eigenvalue weighted by atomic mass is 10.1. The van der Waals surface area contributed by atoms with Gasteiger partial charge in [-0.1, -0.05) is 18.2 Å². The van der Waals surface area contributed by atoms with Crippen molar-refractivity contribution >= 4 is 27.5 Å².